The van der Waals surface area contributed by atoms with Crippen LogP contribution in [0.3, 0.4) is 0 Å². The largest absolute Gasteiger partial charge is 1.00 e. The van der Waals surface area contributed by atoms with E-state index < -0.39 is 0 Å². The molecule has 0 unspecified atom stereocenters. The zero-order valence-electron chi connectivity index (χ0n) is 18.6. The number of hydrazone groups is 1. The van der Waals surface area contributed by atoms with E-state index in [-0.39, 0.29) is 30.7 Å². The average Bonchev–Trinajstić information content (AvgIpc) is 2.80. The molecule has 0 atom stereocenters. The zero-order chi connectivity index (χ0) is 22.3. The van der Waals surface area contributed by atoms with Gasteiger partial charge in [0.2, 0.25) is 11.8 Å². The summed E-state index contributed by atoms with van der Waals surface area (Å²) in [5, 5.41) is 12.7. The summed E-state index contributed by atoms with van der Waals surface area (Å²) in [6, 6.07) is 10.8. The molecule has 0 aliphatic heterocycles. The third-order valence-corrected chi connectivity index (χ3v) is 6.30. The van der Waals surface area contributed by atoms with Gasteiger partial charge < -0.3 is 16.0 Å². The van der Waals surface area contributed by atoms with Gasteiger partial charge >= 0.3 is 18.9 Å². The van der Waals surface area contributed by atoms with Gasteiger partial charge in [0.25, 0.3) is 0 Å². The first-order chi connectivity index (χ1) is 15.1. The van der Waals surface area contributed by atoms with Crippen molar-refractivity contribution in [1.29, 1.82) is 0 Å². The molecule has 8 nitrogen and oxygen atoms in total. The summed E-state index contributed by atoms with van der Waals surface area (Å²) in [6.45, 7) is 3.43. The zero-order valence-corrected chi connectivity index (χ0v) is 20.2. The van der Waals surface area contributed by atoms with Crippen LogP contribution in [0.5, 0.6) is 0 Å². The van der Waals surface area contributed by atoms with Crippen LogP contribution in [0.25, 0.3) is 0 Å². The number of nitrogens with zero attached hydrogens (tertiary/aromatic N) is 2. The molecule has 11 heteroatoms. The van der Waals surface area contributed by atoms with Crippen molar-refractivity contribution in [3.8, 4) is 0 Å². The Balaban J connectivity index is 0.00000512. The maximum absolute atomic E-state index is 12.2. The van der Waals surface area contributed by atoms with Crippen molar-refractivity contribution in [2.24, 2.45) is 5.10 Å². The molecular weight excluding hydrogens is 439 g/mol. The number of hydrogen-bond donors (Lipinski definition) is 4. The topological polar surface area (TPSA) is 108 Å². The molecule has 4 N–H and O–H groups in total. The van der Waals surface area contributed by atoms with Gasteiger partial charge in [-0.05, 0) is 25.3 Å². The first-order valence-corrected chi connectivity index (χ1v) is 12.4. The SMILES string of the molecule is CCNc1ccc(NN=[C-]c2ccc(C(=O)NCCSSCCC(=O)NC)cc2)nc1.[Li+]. The molecule has 0 aliphatic rings. The van der Waals surface area contributed by atoms with Gasteiger partial charge in [0.05, 0.1) is 11.9 Å². The van der Waals surface area contributed by atoms with Crippen LogP contribution in [-0.4, -0.2) is 54.7 Å². The van der Waals surface area contributed by atoms with Crippen molar-refractivity contribution in [2.45, 2.75) is 13.3 Å². The normalized spacial score (nSPS) is 10.3. The van der Waals surface area contributed by atoms with Gasteiger partial charge in [-0.3, -0.25) is 20.1 Å². The molecule has 166 valence electrons. The van der Waals surface area contributed by atoms with Crippen molar-refractivity contribution < 1.29 is 28.4 Å². The molecule has 0 aliphatic carbocycles. The van der Waals surface area contributed by atoms with Crippen LogP contribution in [0, 0.1) is 0 Å². The summed E-state index contributed by atoms with van der Waals surface area (Å²) in [5.74, 6) is 2.07. The van der Waals surface area contributed by atoms with Gasteiger partial charge in [-0.25, -0.2) is 4.98 Å². The molecule has 32 heavy (non-hydrogen) atoms. The molecule has 0 bridgehead atoms. The maximum atomic E-state index is 12.2. The van der Waals surface area contributed by atoms with E-state index in [2.05, 4.69) is 37.7 Å². The van der Waals surface area contributed by atoms with Crippen LogP contribution in [0.4, 0.5) is 11.5 Å². The smallest absolute Gasteiger partial charge is 0.384 e. The fraction of sp³-hybridized carbons (Fsp3) is 0.333. The number of carbonyl (C=O) groups is 2. The Morgan fingerprint density at radius 1 is 1.09 bits per heavy atom. The van der Waals surface area contributed by atoms with Gasteiger partial charge in [-0.2, -0.15) is 17.7 Å². The molecule has 0 radical (unpaired) electrons. The Kier molecular flexibility index (Phi) is 14.4. The molecule has 0 spiro atoms. The van der Waals surface area contributed by atoms with Crippen LogP contribution < -0.4 is 40.2 Å². The van der Waals surface area contributed by atoms with Crippen LogP contribution >= 0.6 is 21.6 Å². The molecule has 0 fully saturated rings. The number of aromatic nitrogens is 1. The summed E-state index contributed by atoms with van der Waals surface area (Å²) >= 11 is 0. The van der Waals surface area contributed by atoms with E-state index >= 15 is 0 Å². The Hall–Kier alpha value is -2.12. The van der Waals surface area contributed by atoms with E-state index in [1.165, 1.54) is 0 Å². The Morgan fingerprint density at radius 2 is 1.84 bits per heavy atom. The van der Waals surface area contributed by atoms with Crippen LogP contribution in [0.15, 0.2) is 47.7 Å². The summed E-state index contributed by atoms with van der Waals surface area (Å²) in [7, 11) is 4.90. The number of rotatable bonds is 13. The second-order valence-electron chi connectivity index (χ2n) is 6.20. The summed E-state index contributed by atoms with van der Waals surface area (Å²) < 4.78 is 0. The molecule has 2 rings (SSSR count). The maximum Gasteiger partial charge on any atom is 1.00 e. The quantitative estimate of drug-likeness (QED) is 0.0828. The van der Waals surface area contributed by atoms with Gasteiger partial charge in [0.15, 0.2) is 0 Å². The molecule has 0 saturated heterocycles. The number of amides is 2. The van der Waals surface area contributed by atoms with Crippen molar-refractivity contribution in [3.63, 3.8) is 0 Å². The summed E-state index contributed by atoms with van der Waals surface area (Å²) in [4.78, 5) is 27.6. The van der Waals surface area contributed by atoms with E-state index in [9.17, 15) is 9.59 Å². The van der Waals surface area contributed by atoms with E-state index in [1.807, 2.05) is 19.1 Å². The molecule has 0 saturated carbocycles. The van der Waals surface area contributed by atoms with Crippen LogP contribution in [0.2, 0.25) is 0 Å². The molecule has 2 amide bonds. The minimum absolute atomic E-state index is 0. The summed E-state index contributed by atoms with van der Waals surface area (Å²) in [5.41, 5.74) is 5.11. The standard InChI is InChI=1S/C21H27N6O2S2.Li/c1-3-23-18-8-9-19(25-15-18)27-26-14-16-4-6-17(7-5-16)21(29)24-11-13-31-30-12-10-20(28)22-2;/h4-9,15,23H,3,10-13H2,1-2H3,(H,22,28)(H,24,29)(H,25,27);/q-1;+1. The fourth-order valence-corrected chi connectivity index (χ4v) is 4.20. The number of pyridine rings is 1. The van der Waals surface area contributed by atoms with Crippen LogP contribution in [-0.2, 0) is 4.79 Å². The third kappa shape index (κ3) is 11.0. The summed E-state index contributed by atoms with van der Waals surface area (Å²) in [6.07, 6.45) is 5.11. The molecule has 1 aromatic heterocycles. The number of anilines is 2. The number of carbonyl (C=O) groups excluding carboxylic acids is 2. The van der Waals surface area contributed by atoms with Crippen molar-refractivity contribution >= 4 is 51.1 Å². The van der Waals surface area contributed by atoms with E-state index in [4.69, 9.17) is 0 Å². The van der Waals surface area contributed by atoms with E-state index in [0.717, 1.165) is 29.3 Å². The Labute approximate surface area is 209 Å². The second kappa shape index (κ2) is 16.5. The number of nitrogens with one attached hydrogen (secondary N) is 4. The predicted molar refractivity (Wildman–Crippen MR) is 131 cm³/mol. The van der Waals surface area contributed by atoms with Gasteiger partial charge in [0, 0.05) is 43.6 Å². The van der Waals surface area contributed by atoms with Gasteiger partial charge in [-0.1, -0.05) is 21.6 Å². The monoisotopic (exact) mass is 466 g/mol. The predicted octanol–water partition coefficient (Wildman–Crippen LogP) is 0.0877. The van der Waals surface area contributed by atoms with E-state index in [1.54, 1.807) is 59.1 Å². The molecule has 2 aromatic rings. The average molecular weight is 467 g/mol. The Bertz CT molecular complexity index is 850. The van der Waals surface area contributed by atoms with Gasteiger partial charge in [0.1, 0.15) is 5.82 Å². The van der Waals surface area contributed by atoms with Crippen LogP contribution in [0.1, 0.15) is 29.3 Å². The second-order valence-corrected chi connectivity index (χ2v) is 8.90. The van der Waals surface area contributed by atoms with Gasteiger partial charge in [-0.15, -0.1) is 12.1 Å². The van der Waals surface area contributed by atoms with Crippen molar-refractivity contribution in [1.82, 2.24) is 15.6 Å². The first-order valence-electron chi connectivity index (χ1n) is 9.87. The van der Waals surface area contributed by atoms with Crippen molar-refractivity contribution in [2.75, 3.05) is 42.4 Å². The van der Waals surface area contributed by atoms with E-state index in [0.29, 0.717) is 24.3 Å². The third-order valence-electron chi connectivity index (χ3n) is 3.89. The number of benzene rings is 1. The first kappa shape index (κ1) is 27.9. The minimum Gasteiger partial charge on any atom is -0.384 e. The molecule has 1 heterocycles. The fourth-order valence-electron chi connectivity index (χ4n) is 2.30. The minimum atomic E-state index is -0.123. The molecule has 1 aromatic carbocycles. The Morgan fingerprint density at radius 3 is 2.50 bits per heavy atom. The van der Waals surface area contributed by atoms with Crippen molar-refractivity contribution in [3.05, 3.63) is 53.7 Å². The molecular formula is C21H27LiN6O2S2. The number of hydrogen-bond acceptors (Lipinski definition) is 8.